The molecule has 0 aliphatic rings. The highest BCUT2D eigenvalue weighted by atomic mass is 79.9. The summed E-state index contributed by atoms with van der Waals surface area (Å²) in [5, 5.41) is 0.963. The van der Waals surface area contributed by atoms with Crippen molar-refractivity contribution < 1.29 is 4.74 Å². The molecule has 0 saturated heterocycles. The van der Waals surface area contributed by atoms with Crippen molar-refractivity contribution in [2.75, 3.05) is 6.26 Å². The second kappa shape index (κ2) is 5.91. The fraction of sp³-hybridized carbons (Fsp3) is 0.167. The first-order valence-corrected chi connectivity index (χ1v) is 7.50. The Hall–Kier alpha value is -0.780. The van der Waals surface area contributed by atoms with Gasteiger partial charge >= 0.3 is 0 Å². The molecule has 0 amide bonds. The fourth-order valence-electron chi connectivity index (χ4n) is 1.32. The van der Waals surface area contributed by atoms with Crippen LogP contribution >= 0.6 is 39.3 Å². The molecule has 1 aromatic heterocycles. The van der Waals surface area contributed by atoms with E-state index in [1.54, 1.807) is 6.07 Å². The number of hydrogen-bond donors (Lipinski definition) is 0. The number of thioether (sulfide) groups is 1. The summed E-state index contributed by atoms with van der Waals surface area (Å²) in [5.74, 6) is 1.17. The summed E-state index contributed by atoms with van der Waals surface area (Å²) < 4.78 is 6.71. The number of aryl methyl sites for hydroxylation is 1. The van der Waals surface area contributed by atoms with E-state index in [9.17, 15) is 0 Å². The molecule has 0 radical (unpaired) electrons. The van der Waals surface area contributed by atoms with Crippen LogP contribution in [0.4, 0.5) is 0 Å². The molecule has 2 aromatic rings. The summed E-state index contributed by atoms with van der Waals surface area (Å²) in [7, 11) is 0. The molecule has 1 heterocycles. The van der Waals surface area contributed by atoms with Gasteiger partial charge < -0.3 is 4.74 Å². The third-order valence-corrected chi connectivity index (χ3v) is 3.82. The van der Waals surface area contributed by atoms with E-state index in [2.05, 4.69) is 25.9 Å². The van der Waals surface area contributed by atoms with E-state index >= 15 is 0 Å². The SMILES string of the molecule is CSc1nc(Cl)cc(Oc2ccc(Br)c(C)c2)n1. The predicted molar refractivity (Wildman–Crippen MR) is 77.8 cm³/mol. The number of hydrogen-bond acceptors (Lipinski definition) is 4. The molecule has 6 heteroatoms. The van der Waals surface area contributed by atoms with Crippen LogP contribution in [0.25, 0.3) is 0 Å². The summed E-state index contributed by atoms with van der Waals surface area (Å²) in [6, 6.07) is 7.33. The molecule has 0 aliphatic heterocycles. The normalized spacial score (nSPS) is 10.4. The Bertz CT molecular complexity index is 580. The summed E-state index contributed by atoms with van der Waals surface area (Å²) in [5.41, 5.74) is 1.10. The minimum atomic E-state index is 0.373. The van der Waals surface area contributed by atoms with Crippen molar-refractivity contribution in [3.05, 3.63) is 39.5 Å². The third kappa shape index (κ3) is 3.37. The van der Waals surface area contributed by atoms with Gasteiger partial charge in [-0.3, -0.25) is 0 Å². The van der Waals surface area contributed by atoms with E-state index in [0.29, 0.717) is 16.2 Å². The Morgan fingerprint density at radius 3 is 2.72 bits per heavy atom. The van der Waals surface area contributed by atoms with Crippen LogP contribution in [0.15, 0.2) is 33.9 Å². The monoisotopic (exact) mass is 344 g/mol. The molecule has 0 spiro atoms. The van der Waals surface area contributed by atoms with Crippen molar-refractivity contribution in [3.63, 3.8) is 0 Å². The van der Waals surface area contributed by atoms with Crippen LogP contribution in [-0.2, 0) is 0 Å². The zero-order valence-corrected chi connectivity index (χ0v) is 12.9. The summed E-state index contributed by atoms with van der Waals surface area (Å²) >= 11 is 10.8. The van der Waals surface area contributed by atoms with Gasteiger partial charge in [0.1, 0.15) is 10.9 Å². The highest BCUT2D eigenvalue weighted by molar-refractivity contribution is 9.10. The van der Waals surface area contributed by atoms with Gasteiger partial charge in [0.05, 0.1) is 0 Å². The Labute approximate surface area is 123 Å². The second-order valence-corrected chi connectivity index (χ2v) is 5.54. The van der Waals surface area contributed by atoms with Gasteiger partial charge in [-0.05, 0) is 36.9 Å². The second-order valence-electron chi connectivity index (χ2n) is 3.53. The average Bonchev–Trinajstić information content (AvgIpc) is 2.33. The van der Waals surface area contributed by atoms with Gasteiger partial charge in [0.25, 0.3) is 0 Å². The molecule has 0 aliphatic carbocycles. The molecule has 1 aromatic carbocycles. The molecule has 94 valence electrons. The van der Waals surface area contributed by atoms with Gasteiger partial charge in [0, 0.05) is 10.5 Å². The Morgan fingerprint density at radius 2 is 2.06 bits per heavy atom. The van der Waals surface area contributed by atoms with E-state index < -0.39 is 0 Å². The summed E-state index contributed by atoms with van der Waals surface area (Å²) in [6.07, 6.45) is 1.89. The number of benzene rings is 1. The van der Waals surface area contributed by atoms with Gasteiger partial charge in [0.15, 0.2) is 5.16 Å². The smallest absolute Gasteiger partial charge is 0.224 e. The summed E-state index contributed by atoms with van der Waals surface area (Å²) in [6.45, 7) is 2.00. The van der Waals surface area contributed by atoms with E-state index in [0.717, 1.165) is 15.8 Å². The van der Waals surface area contributed by atoms with E-state index in [1.807, 2.05) is 31.4 Å². The molecular weight excluding hydrogens is 336 g/mol. The topological polar surface area (TPSA) is 35.0 Å². The number of halogens is 2. The van der Waals surface area contributed by atoms with Gasteiger partial charge in [-0.2, -0.15) is 4.98 Å². The van der Waals surface area contributed by atoms with Crippen LogP contribution in [0.1, 0.15) is 5.56 Å². The quantitative estimate of drug-likeness (QED) is 0.458. The maximum Gasteiger partial charge on any atom is 0.224 e. The lowest BCUT2D eigenvalue weighted by Gasteiger charge is -2.07. The Morgan fingerprint density at radius 1 is 1.28 bits per heavy atom. The Kier molecular flexibility index (Phi) is 4.48. The van der Waals surface area contributed by atoms with Gasteiger partial charge in [0.2, 0.25) is 5.88 Å². The van der Waals surface area contributed by atoms with Crippen molar-refractivity contribution in [1.82, 2.24) is 9.97 Å². The zero-order chi connectivity index (χ0) is 13.1. The van der Waals surface area contributed by atoms with Crippen molar-refractivity contribution in [1.29, 1.82) is 0 Å². The van der Waals surface area contributed by atoms with Crippen LogP contribution in [0.3, 0.4) is 0 Å². The molecule has 0 fully saturated rings. The van der Waals surface area contributed by atoms with Gasteiger partial charge in [-0.25, -0.2) is 4.98 Å². The van der Waals surface area contributed by atoms with E-state index in [1.165, 1.54) is 11.8 Å². The third-order valence-electron chi connectivity index (χ3n) is 2.19. The zero-order valence-electron chi connectivity index (χ0n) is 9.78. The minimum Gasteiger partial charge on any atom is -0.439 e. The minimum absolute atomic E-state index is 0.373. The molecule has 0 unspecified atom stereocenters. The summed E-state index contributed by atoms with van der Waals surface area (Å²) in [4.78, 5) is 8.29. The van der Waals surface area contributed by atoms with Gasteiger partial charge in [-0.15, -0.1) is 0 Å². The maximum atomic E-state index is 5.90. The van der Waals surface area contributed by atoms with Gasteiger partial charge in [-0.1, -0.05) is 39.3 Å². The van der Waals surface area contributed by atoms with Crippen LogP contribution in [0, 0.1) is 6.92 Å². The Balaban J connectivity index is 2.27. The average molecular weight is 346 g/mol. The highest BCUT2D eigenvalue weighted by Gasteiger charge is 2.05. The maximum absolute atomic E-state index is 5.90. The lowest BCUT2D eigenvalue weighted by atomic mass is 10.2. The fourth-order valence-corrected chi connectivity index (χ4v) is 2.16. The van der Waals surface area contributed by atoms with Crippen molar-refractivity contribution in [2.45, 2.75) is 12.1 Å². The molecular formula is C12H10BrClN2OS. The van der Waals surface area contributed by atoms with Crippen molar-refractivity contribution in [3.8, 4) is 11.6 Å². The van der Waals surface area contributed by atoms with Crippen LogP contribution < -0.4 is 4.74 Å². The molecule has 18 heavy (non-hydrogen) atoms. The van der Waals surface area contributed by atoms with Crippen LogP contribution in [0.5, 0.6) is 11.6 Å². The van der Waals surface area contributed by atoms with E-state index in [-0.39, 0.29) is 0 Å². The first kappa shape index (κ1) is 13.6. The largest absolute Gasteiger partial charge is 0.439 e. The van der Waals surface area contributed by atoms with Crippen molar-refractivity contribution >= 4 is 39.3 Å². The first-order chi connectivity index (χ1) is 8.58. The molecule has 3 nitrogen and oxygen atoms in total. The molecule has 0 N–H and O–H groups in total. The molecule has 0 bridgehead atoms. The van der Waals surface area contributed by atoms with Crippen LogP contribution in [-0.4, -0.2) is 16.2 Å². The lowest BCUT2D eigenvalue weighted by Crippen LogP contribution is -1.93. The number of ether oxygens (including phenoxy) is 1. The highest BCUT2D eigenvalue weighted by Crippen LogP contribution is 2.27. The molecule has 2 rings (SSSR count). The lowest BCUT2D eigenvalue weighted by molar-refractivity contribution is 0.455. The molecule has 0 saturated carbocycles. The number of nitrogens with zero attached hydrogens (tertiary/aromatic N) is 2. The first-order valence-electron chi connectivity index (χ1n) is 5.11. The number of rotatable bonds is 3. The van der Waals surface area contributed by atoms with Crippen molar-refractivity contribution in [2.24, 2.45) is 0 Å². The standard InChI is InChI=1S/C12H10BrClN2OS/c1-7-5-8(3-4-9(7)13)17-11-6-10(14)15-12(16-11)18-2/h3-6H,1-2H3. The van der Waals surface area contributed by atoms with Crippen LogP contribution in [0.2, 0.25) is 5.15 Å². The predicted octanol–water partition coefficient (Wildman–Crippen LogP) is 4.72. The molecule has 0 atom stereocenters. The van der Waals surface area contributed by atoms with E-state index in [4.69, 9.17) is 16.3 Å². The number of aromatic nitrogens is 2.